The number of carbonyl (C=O) groups is 1. The molecule has 1 N–H and O–H groups in total. The van der Waals surface area contributed by atoms with E-state index in [1.54, 1.807) is 20.9 Å². The van der Waals surface area contributed by atoms with E-state index >= 15 is 0 Å². The van der Waals surface area contributed by atoms with E-state index in [9.17, 15) is 4.79 Å². The van der Waals surface area contributed by atoms with Gasteiger partial charge in [-0.2, -0.15) is 0 Å². The highest BCUT2D eigenvalue weighted by Crippen LogP contribution is 2.43. The molecule has 0 saturated heterocycles. The van der Waals surface area contributed by atoms with E-state index in [-0.39, 0.29) is 28.2 Å². The van der Waals surface area contributed by atoms with Gasteiger partial charge in [0.2, 0.25) is 0 Å². The Morgan fingerprint density at radius 1 is 1.04 bits per heavy atom. The number of carbonyl (C=O) groups excluding carboxylic acids is 1. The topological polar surface area (TPSA) is 59.9 Å². The third-order valence-electron chi connectivity index (χ3n) is 3.70. The second kappa shape index (κ2) is 13.1. The summed E-state index contributed by atoms with van der Waals surface area (Å²) in [6, 6.07) is 17.5. The second-order valence-electron chi connectivity index (χ2n) is 5.66. The summed E-state index contributed by atoms with van der Waals surface area (Å²) in [4.78, 5) is 11.8. The average molecular weight is 409 g/mol. The molecule has 0 aliphatic rings. The number of ether oxygens (including phenoxy) is 1. The molecule has 28 heavy (non-hydrogen) atoms. The fraction of sp³-hybridized carbons (Fsp3) is 0.409. The van der Waals surface area contributed by atoms with Crippen LogP contribution in [0.15, 0.2) is 59.3 Å². The zero-order chi connectivity index (χ0) is 18.3. The highest BCUT2D eigenvalue weighted by molar-refractivity contribution is 7.59. The van der Waals surface area contributed by atoms with Crippen molar-refractivity contribution in [3.63, 3.8) is 0 Å². The van der Waals surface area contributed by atoms with Crippen LogP contribution in [-0.4, -0.2) is 32.3 Å². The van der Waals surface area contributed by atoms with Gasteiger partial charge in [-0.15, -0.1) is 0 Å². The van der Waals surface area contributed by atoms with Gasteiger partial charge in [0.25, 0.3) is 0 Å². The molecule has 2 rings (SSSR count). The summed E-state index contributed by atoms with van der Waals surface area (Å²) >= 11 is 0. The first-order valence-electron chi connectivity index (χ1n) is 8.25. The number of rotatable bonds is 7. The third kappa shape index (κ3) is 7.87. The zero-order valence-electron chi connectivity index (χ0n) is 15.1. The van der Waals surface area contributed by atoms with Crippen LogP contribution in [0, 0.1) is 0 Å². The molecule has 0 spiro atoms. The van der Waals surface area contributed by atoms with Crippen molar-refractivity contribution in [2.75, 3.05) is 20.3 Å². The molecule has 0 saturated carbocycles. The van der Waals surface area contributed by atoms with Gasteiger partial charge in [-0.05, 0) is 37.1 Å². The lowest BCUT2D eigenvalue weighted by Gasteiger charge is -2.25. The summed E-state index contributed by atoms with van der Waals surface area (Å²) in [6.45, 7) is 5.77. The van der Waals surface area contributed by atoms with E-state index in [2.05, 4.69) is 22.0 Å². The third-order valence-corrected chi connectivity index (χ3v) is 5.90. The molecule has 6 heteroatoms. The number of hydrogen-bond donors (Lipinski definition) is 1. The Morgan fingerprint density at radius 2 is 1.57 bits per heavy atom. The summed E-state index contributed by atoms with van der Waals surface area (Å²) in [7, 11) is -0.627. The van der Waals surface area contributed by atoms with Crippen molar-refractivity contribution in [3.05, 3.63) is 54.6 Å². The lowest BCUT2D eigenvalue weighted by atomic mass is 10.1. The molecule has 0 amide bonds. The first-order valence-corrected chi connectivity index (χ1v) is 10.4. The van der Waals surface area contributed by atoms with Crippen LogP contribution in [0.25, 0.3) is 11.1 Å². The van der Waals surface area contributed by atoms with Gasteiger partial charge in [0.05, 0.1) is 6.61 Å². The van der Waals surface area contributed by atoms with Crippen LogP contribution in [-0.2, 0) is 9.53 Å². The highest BCUT2D eigenvalue weighted by Gasteiger charge is 2.23. The standard InChI is InChI=1S/C19H25N2O3P.3CH4/c1-5-23-19(22)15(2)21-25(4,20-3)24-18-13-11-17(12-14-18)16-9-7-6-8-10-16;;;/h6-15,21H,5H2,1-4H3;3*1H4. The minimum Gasteiger partial charge on any atom is -0.465 e. The number of hydrogen-bond acceptors (Lipinski definition) is 4. The number of benzene rings is 2. The van der Waals surface area contributed by atoms with E-state index in [4.69, 9.17) is 9.26 Å². The molecule has 2 aromatic rings. The van der Waals surface area contributed by atoms with Crippen molar-refractivity contribution in [2.45, 2.75) is 42.2 Å². The molecule has 0 radical (unpaired) electrons. The van der Waals surface area contributed by atoms with E-state index in [0.29, 0.717) is 12.4 Å². The van der Waals surface area contributed by atoms with Crippen molar-refractivity contribution in [1.29, 1.82) is 0 Å². The van der Waals surface area contributed by atoms with Gasteiger partial charge in [-0.3, -0.25) is 9.54 Å². The Kier molecular flexibility index (Phi) is 13.2. The first kappa shape index (κ1) is 28.1. The molecular weight excluding hydrogens is 371 g/mol. The Balaban J connectivity index is 0. The maximum absolute atomic E-state index is 11.8. The average Bonchev–Trinajstić information content (AvgIpc) is 2.63. The van der Waals surface area contributed by atoms with Crippen LogP contribution < -0.4 is 9.61 Å². The van der Waals surface area contributed by atoms with Crippen molar-refractivity contribution in [3.8, 4) is 16.9 Å². The SMILES string of the molecule is C.C.C.CCOC(=O)C(C)NP(C)(=NC)Oc1ccc(-c2ccccc2)cc1. The molecule has 5 nitrogen and oxygen atoms in total. The molecule has 0 aliphatic heterocycles. The maximum Gasteiger partial charge on any atom is 0.323 e. The Morgan fingerprint density at radius 3 is 2.07 bits per heavy atom. The van der Waals surface area contributed by atoms with Crippen molar-refractivity contribution in [1.82, 2.24) is 5.09 Å². The van der Waals surface area contributed by atoms with Crippen molar-refractivity contribution >= 4 is 13.4 Å². The minimum atomic E-state index is -2.32. The summed E-state index contributed by atoms with van der Waals surface area (Å²) in [6.07, 6.45) is 0. The molecule has 0 fully saturated rings. The van der Waals surface area contributed by atoms with Crippen LogP contribution in [0.5, 0.6) is 5.75 Å². The summed E-state index contributed by atoms with van der Waals surface area (Å²) in [5.41, 5.74) is 2.27. The predicted octanol–water partition coefficient (Wildman–Crippen LogP) is 6.47. The lowest BCUT2D eigenvalue weighted by molar-refractivity contribution is -0.144. The predicted molar refractivity (Wildman–Crippen MR) is 123 cm³/mol. The van der Waals surface area contributed by atoms with Crippen LogP contribution >= 0.6 is 7.43 Å². The van der Waals surface area contributed by atoms with Crippen LogP contribution in [0.4, 0.5) is 0 Å². The van der Waals surface area contributed by atoms with Gasteiger partial charge < -0.3 is 9.26 Å². The number of nitrogens with zero attached hydrogens (tertiary/aromatic N) is 1. The van der Waals surface area contributed by atoms with E-state index in [1.807, 2.05) is 49.1 Å². The normalized spacial score (nSPS) is 12.7. The largest absolute Gasteiger partial charge is 0.465 e. The van der Waals surface area contributed by atoms with Crippen molar-refractivity contribution < 1.29 is 14.1 Å². The number of esters is 1. The van der Waals surface area contributed by atoms with Crippen LogP contribution in [0.1, 0.15) is 36.1 Å². The summed E-state index contributed by atoms with van der Waals surface area (Å²) < 4.78 is 15.4. The van der Waals surface area contributed by atoms with E-state index in [0.717, 1.165) is 11.1 Å². The first-order chi connectivity index (χ1) is 12.0. The Labute approximate surface area is 171 Å². The zero-order valence-corrected chi connectivity index (χ0v) is 16.0. The Bertz CT molecular complexity index is 746. The van der Waals surface area contributed by atoms with Crippen LogP contribution in [0.3, 0.4) is 0 Å². The molecule has 0 aromatic heterocycles. The van der Waals surface area contributed by atoms with Gasteiger partial charge >= 0.3 is 5.97 Å². The quantitative estimate of drug-likeness (QED) is 0.421. The lowest BCUT2D eigenvalue weighted by Crippen LogP contribution is -2.34. The Hall–Kier alpha value is -2.10. The van der Waals surface area contributed by atoms with Gasteiger partial charge in [0.15, 0.2) is 7.43 Å². The van der Waals surface area contributed by atoms with Crippen LogP contribution in [0.2, 0.25) is 0 Å². The molecular formula is C22H37N2O3P. The molecule has 2 unspecified atom stereocenters. The minimum absolute atomic E-state index is 0. The fourth-order valence-electron chi connectivity index (χ4n) is 2.35. The second-order valence-corrected chi connectivity index (χ2v) is 8.26. The van der Waals surface area contributed by atoms with E-state index < -0.39 is 13.5 Å². The molecule has 0 bridgehead atoms. The van der Waals surface area contributed by atoms with Gasteiger partial charge in [0.1, 0.15) is 11.8 Å². The monoisotopic (exact) mass is 408 g/mol. The summed E-state index contributed by atoms with van der Waals surface area (Å²) in [5, 5.41) is 3.17. The smallest absolute Gasteiger partial charge is 0.323 e. The van der Waals surface area contributed by atoms with Crippen molar-refractivity contribution in [2.24, 2.45) is 4.74 Å². The maximum atomic E-state index is 11.8. The van der Waals surface area contributed by atoms with Gasteiger partial charge in [0, 0.05) is 13.7 Å². The highest BCUT2D eigenvalue weighted by atomic mass is 31.2. The van der Waals surface area contributed by atoms with Gasteiger partial charge in [-0.25, -0.2) is 5.09 Å². The summed E-state index contributed by atoms with van der Waals surface area (Å²) in [5.74, 6) is 0.407. The van der Waals surface area contributed by atoms with Gasteiger partial charge in [-0.1, -0.05) is 64.7 Å². The molecule has 0 aliphatic carbocycles. The molecule has 2 atom stereocenters. The van der Waals surface area contributed by atoms with E-state index in [1.165, 1.54) is 0 Å². The molecule has 0 heterocycles. The number of nitrogens with one attached hydrogen (secondary N) is 1. The molecule has 2 aromatic carbocycles. The fourth-order valence-corrected chi connectivity index (χ4v) is 3.95. The molecule has 158 valence electrons.